The fraction of sp³-hybridized carbons (Fsp3) is 1.00. The van der Waals surface area contributed by atoms with Crippen LogP contribution in [0.4, 0.5) is 0 Å². The van der Waals surface area contributed by atoms with Crippen LogP contribution in [0.15, 0.2) is 0 Å². The van der Waals surface area contributed by atoms with Gasteiger partial charge in [-0.15, -0.1) is 0 Å². The smallest absolute Gasteiger partial charge is 0.264 e. The van der Waals surface area contributed by atoms with Crippen molar-refractivity contribution in [1.29, 1.82) is 0 Å². The number of rotatable bonds is 7. The molecule has 0 aliphatic heterocycles. The molecule has 8 heteroatoms. The summed E-state index contributed by atoms with van der Waals surface area (Å²) in [5, 5.41) is 0. The Morgan fingerprint density at radius 3 is 1.65 bits per heavy atom. The molecular formula is C9H18O6S2. The molecule has 17 heavy (non-hydrogen) atoms. The first kappa shape index (κ1) is 14.9. The molecule has 0 atom stereocenters. The quantitative estimate of drug-likeness (QED) is 0.628. The fourth-order valence-corrected chi connectivity index (χ4v) is 2.50. The first-order chi connectivity index (χ1) is 7.67. The Morgan fingerprint density at radius 1 is 1.00 bits per heavy atom. The van der Waals surface area contributed by atoms with Crippen molar-refractivity contribution in [3.63, 3.8) is 0 Å². The van der Waals surface area contributed by atoms with Crippen LogP contribution in [0.5, 0.6) is 0 Å². The van der Waals surface area contributed by atoms with Crippen LogP contribution in [0.3, 0.4) is 0 Å². The van der Waals surface area contributed by atoms with Crippen molar-refractivity contribution in [3.8, 4) is 0 Å². The summed E-state index contributed by atoms with van der Waals surface area (Å²) in [7, 11) is -6.99. The van der Waals surface area contributed by atoms with E-state index in [0.29, 0.717) is 5.92 Å². The van der Waals surface area contributed by atoms with E-state index in [9.17, 15) is 16.8 Å². The van der Waals surface area contributed by atoms with Gasteiger partial charge in [-0.05, 0) is 5.92 Å². The van der Waals surface area contributed by atoms with Gasteiger partial charge in [0.2, 0.25) is 0 Å². The van der Waals surface area contributed by atoms with Crippen LogP contribution in [0.25, 0.3) is 0 Å². The SMILES string of the molecule is CS(=O)(=O)OCC(COS(C)(=O)=O)C1CCC1. The van der Waals surface area contributed by atoms with Gasteiger partial charge in [0.1, 0.15) is 0 Å². The highest BCUT2D eigenvalue weighted by Crippen LogP contribution is 2.34. The first-order valence-corrected chi connectivity index (χ1v) is 8.99. The molecule has 0 bridgehead atoms. The Labute approximate surface area is 103 Å². The highest BCUT2D eigenvalue weighted by molar-refractivity contribution is 7.86. The Kier molecular flexibility index (Phi) is 4.94. The van der Waals surface area contributed by atoms with Gasteiger partial charge in [-0.2, -0.15) is 16.8 Å². The van der Waals surface area contributed by atoms with E-state index in [-0.39, 0.29) is 19.1 Å². The molecule has 0 N–H and O–H groups in total. The normalized spacial score (nSPS) is 18.3. The minimum atomic E-state index is -3.50. The molecule has 6 nitrogen and oxygen atoms in total. The summed E-state index contributed by atoms with van der Waals surface area (Å²) in [5.74, 6) is 0.103. The molecule has 0 aromatic rings. The van der Waals surface area contributed by atoms with Crippen LogP contribution < -0.4 is 0 Å². The maximum Gasteiger partial charge on any atom is 0.264 e. The molecule has 1 saturated carbocycles. The van der Waals surface area contributed by atoms with Crippen molar-refractivity contribution in [2.24, 2.45) is 11.8 Å². The zero-order chi connectivity index (χ0) is 13.1. The Morgan fingerprint density at radius 2 is 1.41 bits per heavy atom. The van der Waals surface area contributed by atoms with E-state index >= 15 is 0 Å². The molecule has 0 spiro atoms. The van der Waals surface area contributed by atoms with Crippen LogP contribution in [-0.4, -0.2) is 42.6 Å². The monoisotopic (exact) mass is 286 g/mol. The average molecular weight is 286 g/mol. The molecule has 0 unspecified atom stereocenters. The molecule has 1 aliphatic rings. The highest BCUT2D eigenvalue weighted by Gasteiger charge is 2.29. The van der Waals surface area contributed by atoms with Crippen LogP contribution in [-0.2, 0) is 28.6 Å². The van der Waals surface area contributed by atoms with Crippen molar-refractivity contribution in [3.05, 3.63) is 0 Å². The summed E-state index contributed by atoms with van der Waals surface area (Å²) in [4.78, 5) is 0. The van der Waals surface area contributed by atoms with Crippen LogP contribution in [0.2, 0.25) is 0 Å². The van der Waals surface area contributed by atoms with Crippen LogP contribution in [0.1, 0.15) is 19.3 Å². The van der Waals surface area contributed by atoms with Gasteiger partial charge in [-0.25, -0.2) is 0 Å². The van der Waals surface area contributed by atoms with Gasteiger partial charge in [0, 0.05) is 5.92 Å². The molecule has 1 aliphatic carbocycles. The minimum Gasteiger partial charge on any atom is -0.270 e. The average Bonchev–Trinajstić information content (AvgIpc) is 2.03. The Balaban J connectivity index is 2.49. The lowest BCUT2D eigenvalue weighted by Gasteiger charge is -2.32. The molecule has 0 aromatic heterocycles. The van der Waals surface area contributed by atoms with Gasteiger partial charge >= 0.3 is 0 Å². The lowest BCUT2D eigenvalue weighted by atomic mass is 9.76. The summed E-state index contributed by atoms with van der Waals surface area (Å²) < 4.78 is 53.0. The van der Waals surface area contributed by atoms with Gasteiger partial charge in [0.05, 0.1) is 25.7 Å². The lowest BCUT2D eigenvalue weighted by Crippen LogP contribution is -2.31. The second kappa shape index (κ2) is 5.64. The van der Waals surface area contributed by atoms with Crippen molar-refractivity contribution in [2.45, 2.75) is 19.3 Å². The van der Waals surface area contributed by atoms with E-state index in [2.05, 4.69) is 0 Å². The molecule has 0 radical (unpaired) electrons. The van der Waals surface area contributed by atoms with Crippen molar-refractivity contribution < 1.29 is 25.2 Å². The van der Waals surface area contributed by atoms with Gasteiger partial charge < -0.3 is 0 Å². The zero-order valence-corrected chi connectivity index (χ0v) is 11.6. The minimum absolute atomic E-state index is 0.0149. The molecule has 0 heterocycles. The second-order valence-corrected chi connectivity index (χ2v) is 7.72. The molecule has 0 aromatic carbocycles. The highest BCUT2D eigenvalue weighted by atomic mass is 32.2. The lowest BCUT2D eigenvalue weighted by molar-refractivity contribution is 0.0951. The maximum absolute atomic E-state index is 10.9. The third-order valence-electron chi connectivity index (χ3n) is 2.81. The molecular weight excluding hydrogens is 268 g/mol. The number of hydrogen-bond acceptors (Lipinski definition) is 6. The van der Waals surface area contributed by atoms with Crippen LogP contribution in [0, 0.1) is 11.8 Å². The summed E-state index contributed by atoms with van der Waals surface area (Å²) in [5.41, 5.74) is 0. The Bertz CT molecular complexity index is 398. The fourth-order valence-electron chi connectivity index (χ4n) is 1.65. The molecule has 0 amide bonds. The first-order valence-electron chi connectivity index (χ1n) is 5.36. The second-order valence-electron chi connectivity index (χ2n) is 4.43. The van der Waals surface area contributed by atoms with E-state index < -0.39 is 20.2 Å². The summed E-state index contributed by atoms with van der Waals surface area (Å²) >= 11 is 0. The zero-order valence-electron chi connectivity index (χ0n) is 9.96. The topological polar surface area (TPSA) is 86.7 Å². The standard InChI is InChI=1S/C9H18O6S2/c1-16(10,11)14-6-9(8-4-3-5-8)7-15-17(2,12)13/h8-9H,3-7H2,1-2H3. The van der Waals surface area contributed by atoms with E-state index in [1.165, 1.54) is 0 Å². The molecule has 102 valence electrons. The summed E-state index contributed by atoms with van der Waals surface area (Å²) in [6, 6.07) is 0. The van der Waals surface area contributed by atoms with Crippen molar-refractivity contribution in [2.75, 3.05) is 25.7 Å². The van der Waals surface area contributed by atoms with Crippen LogP contribution >= 0.6 is 0 Å². The Hall–Kier alpha value is -0.180. The number of hydrogen-bond donors (Lipinski definition) is 0. The maximum atomic E-state index is 10.9. The van der Waals surface area contributed by atoms with Gasteiger partial charge in [-0.3, -0.25) is 8.37 Å². The molecule has 1 rings (SSSR count). The van der Waals surface area contributed by atoms with E-state index in [4.69, 9.17) is 8.37 Å². The third-order valence-corrected chi connectivity index (χ3v) is 3.94. The van der Waals surface area contributed by atoms with Crippen molar-refractivity contribution >= 4 is 20.2 Å². The van der Waals surface area contributed by atoms with E-state index in [1.807, 2.05) is 0 Å². The molecule has 0 saturated heterocycles. The van der Waals surface area contributed by atoms with Crippen molar-refractivity contribution in [1.82, 2.24) is 0 Å². The largest absolute Gasteiger partial charge is 0.270 e. The van der Waals surface area contributed by atoms with E-state index in [1.54, 1.807) is 0 Å². The van der Waals surface area contributed by atoms with Gasteiger partial charge in [-0.1, -0.05) is 19.3 Å². The third kappa shape index (κ3) is 6.35. The van der Waals surface area contributed by atoms with Gasteiger partial charge in [0.15, 0.2) is 0 Å². The molecule has 1 fully saturated rings. The summed E-state index contributed by atoms with van der Waals surface area (Å²) in [6.45, 7) is -0.0297. The summed E-state index contributed by atoms with van der Waals surface area (Å²) in [6.07, 6.45) is 4.96. The van der Waals surface area contributed by atoms with Gasteiger partial charge in [0.25, 0.3) is 20.2 Å². The predicted octanol–water partition coefficient (Wildman–Crippen LogP) is 0.355. The predicted molar refractivity (Wildman–Crippen MR) is 62.4 cm³/mol. The van der Waals surface area contributed by atoms with E-state index in [0.717, 1.165) is 31.8 Å².